The number of rotatable bonds is 7. The number of aryl methyl sites for hydroxylation is 3. The van der Waals surface area contributed by atoms with E-state index in [0.29, 0.717) is 23.9 Å². The van der Waals surface area contributed by atoms with Crippen molar-refractivity contribution in [3.05, 3.63) is 52.5 Å². The van der Waals surface area contributed by atoms with Gasteiger partial charge in [-0.3, -0.25) is 9.69 Å². The summed E-state index contributed by atoms with van der Waals surface area (Å²) in [5.74, 6) is 2.00. The van der Waals surface area contributed by atoms with Crippen molar-refractivity contribution in [2.45, 2.75) is 85.0 Å². The third-order valence-electron chi connectivity index (χ3n) is 6.59. The first-order chi connectivity index (χ1) is 14.2. The first kappa shape index (κ1) is 22.4. The summed E-state index contributed by atoms with van der Waals surface area (Å²) in [5.41, 5.74) is 3.48. The van der Waals surface area contributed by atoms with Crippen molar-refractivity contribution < 1.29 is 13.9 Å². The molecule has 164 valence electrons. The Bertz CT molecular complexity index is 869. The zero-order chi connectivity index (χ0) is 22.0. The molecular weight excluding hydrogens is 376 g/mol. The largest absolute Gasteiger partial charge is 0.496 e. The molecule has 5 nitrogen and oxygen atoms in total. The van der Waals surface area contributed by atoms with E-state index in [9.17, 15) is 4.79 Å². The molecule has 2 heterocycles. The fraction of sp³-hybridized carbons (Fsp3) is 0.560. The summed E-state index contributed by atoms with van der Waals surface area (Å²) in [6.07, 6.45) is 3.26. The van der Waals surface area contributed by atoms with Crippen molar-refractivity contribution in [3.8, 4) is 5.75 Å². The van der Waals surface area contributed by atoms with E-state index < -0.39 is 0 Å². The second kappa shape index (κ2) is 9.25. The minimum absolute atomic E-state index is 0.0748. The number of ether oxygens (including phenoxy) is 1. The van der Waals surface area contributed by atoms with Gasteiger partial charge in [0, 0.05) is 24.2 Å². The lowest BCUT2D eigenvalue weighted by Crippen LogP contribution is -2.42. The van der Waals surface area contributed by atoms with Crippen LogP contribution in [-0.4, -0.2) is 36.0 Å². The van der Waals surface area contributed by atoms with Crippen molar-refractivity contribution in [1.82, 2.24) is 10.2 Å². The van der Waals surface area contributed by atoms with E-state index in [0.717, 1.165) is 35.5 Å². The van der Waals surface area contributed by atoms with Gasteiger partial charge >= 0.3 is 0 Å². The van der Waals surface area contributed by atoms with Crippen molar-refractivity contribution in [2.24, 2.45) is 0 Å². The van der Waals surface area contributed by atoms with Crippen LogP contribution in [0.2, 0.25) is 0 Å². The highest BCUT2D eigenvalue weighted by Crippen LogP contribution is 2.36. The highest BCUT2D eigenvalue weighted by atomic mass is 16.5. The molecule has 0 saturated carbocycles. The van der Waals surface area contributed by atoms with E-state index in [4.69, 9.17) is 9.15 Å². The molecular formula is C25H36N2O3. The number of amides is 1. The van der Waals surface area contributed by atoms with Crippen molar-refractivity contribution in [1.29, 1.82) is 0 Å². The maximum absolute atomic E-state index is 12.6. The Balaban J connectivity index is 1.67. The highest BCUT2D eigenvalue weighted by Gasteiger charge is 2.35. The molecule has 3 rings (SSSR count). The first-order valence-electron chi connectivity index (χ1n) is 11.0. The zero-order valence-corrected chi connectivity index (χ0v) is 19.4. The van der Waals surface area contributed by atoms with Crippen molar-refractivity contribution >= 4 is 5.91 Å². The van der Waals surface area contributed by atoms with Crippen LogP contribution in [0.25, 0.3) is 0 Å². The number of likely N-dealkylation sites (tertiary alicyclic amines) is 1. The average molecular weight is 413 g/mol. The second-order valence-electron chi connectivity index (χ2n) is 8.89. The van der Waals surface area contributed by atoms with Gasteiger partial charge in [-0.2, -0.15) is 0 Å². The van der Waals surface area contributed by atoms with Crippen LogP contribution in [-0.2, 0) is 0 Å². The highest BCUT2D eigenvalue weighted by molar-refractivity contribution is 5.91. The molecule has 4 unspecified atom stereocenters. The van der Waals surface area contributed by atoms with Gasteiger partial charge in [0.2, 0.25) is 0 Å². The predicted molar refractivity (Wildman–Crippen MR) is 120 cm³/mol. The summed E-state index contributed by atoms with van der Waals surface area (Å²) in [7, 11) is 1.71. The number of hydrogen-bond acceptors (Lipinski definition) is 4. The SMILES string of the molecule is COc1ccc(C(C)N2C(C)CCC2CC(C)NC(=O)c2cc(C)c(C)o2)cc1C. The van der Waals surface area contributed by atoms with Gasteiger partial charge < -0.3 is 14.5 Å². The molecule has 2 aromatic rings. The number of furan rings is 1. The summed E-state index contributed by atoms with van der Waals surface area (Å²) in [5, 5.41) is 3.13. The van der Waals surface area contributed by atoms with Crippen LogP contribution in [0, 0.1) is 20.8 Å². The normalized spacial score (nSPS) is 21.4. The van der Waals surface area contributed by atoms with Crippen LogP contribution >= 0.6 is 0 Å². The molecule has 5 heteroatoms. The van der Waals surface area contributed by atoms with E-state index in [2.05, 4.69) is 56.1 Å². The molecule has 1 aromatic heterocycles. The first-order valence-corrected chi connectivity index (χ1v) is 11.0. The number of carbonyl (C=O) groups excluding carboxylic acids is 1. The van der Waals surface area contributed by atoms with E-state index >= 15 is 0 Å². The molecule has 4 atom stereocenters. The summed E-state index contributed by atoms with van der Waals surface area (Å²) in [6, 6.07) is 9.63. The standard InChI is InChI=1S/C25H36N2O3/c1-15-13-24(30-20(15)6)25(28)26-17(3)14-22-10-8-18(4)27(22)19(5)21-9-11-23(29-7)16(2)12-21/h9,11-13,17-19,22H,8,10,14H2,1-7H3,(H,26,28). The van der Waals surface area contributed by atoms with E-state index in [1.165, 1.54) is 12.0 Å². The number of hydrogen-bond donors (Lipinski definition) is 1. The lowest BCUT2D eigenvalue weighted by Gasteiger charge is -2.36. The van der Waals surface area contributed by atoms with Crippen molar-refractivity contribution in [3.63, 3.8) is 0 Å². The van der Waals surface area contributed by atoms with Crippen LogP contribution in [0.15, 0.2) is 28.7 Å². The summed E-state index contributed by atoms with van der Waals surface area (Å²) in [4.78, 5) is 15.2. The Labute approximate surface area is 180 Å². The van der Waals surface area contributed by atoms with E-state index in [1.807, 2.05) is 19.9 Å². The summed E-state index contributed by atoms with van der Waals surface area (Å²) in [6.45, 7) is 12.6. The summed E-state index contributed by atoms with van der Waals surface area (Å²) < 4.78 is 11.0. The van der Waals surface area contributed by atoms with E-state index in [-0.39, 0.29) is 11.9 Å². The third kappa shape index (κ3) is 4.72. The Morgan fingerprint density at radius 3 is 2.53 bits per heavy atom. The molecule has 0 aliphatic carbocycles. The Morgan fingerprint density at radius 2 is 1.93 bits per heavy atom. The maximum Gasteiger partial charge on any atom is 0.287 e. The number of carbonyl (C=O) groups is 1. The van der Waals surface area contributed by atoms with Gasteiger partial charge in [0.25, 0.3) is 5.91 Å². The van der Waals surface area contributed by atoms with Crippen LogP contribution in [0.3, 0.4) is 0 Å². The number of nitrogens with one attached hydrogen (secondary N) is 1. The fourth-order valence-electron chi connectivity index (χ4n) is 4.81. The van der Waals surface area contributed by atoms with Crippen molar-refractivity contribution in [2.75, 3.05) is 7.11 Å². The van der Waals surface area contributed by atoms with Gasteiger partial charge in [0.15, 0.2) is 5.76 Å². The molecule has 0 bridgehead atoms. The van der Waals surface area contributed by atoms with Gasteiger partial charge in [0.1, 0.15) is 11.5 Å². The molecule has 1 aliphatic heterocycles. The average Bonchev–Trinajstić information content (AvgIpc) is 3.23. The van der Waals surface area contributed by atoms with Gasteiger partial charge in [-0.25, -0.2) is 0 Å². The molecule has 1 saturated heterocycles. The molecule has 0 radical (unpaired) electrons. The minimum Gasteiger partial charge on any atom is -0.496 e. The predicted octanol–water partition coefficient (Wildman–Crippen LogP) is 5.34. The molecule has 1 aromatic carbocycles. The molecule has 1 N–H and O–H groups in total. The minimum atomic E-state index is -0.130. The molecule has 0 spiro atoms. The number of benzene rings is 1. The Kier molecular flexibility index (Phi) is 6.91. The molecule has 1 aliphatic rings. The maximum atomic E-state index is 12.6. The van der Waals surface area contributed by atoms with Gasteiger partial charge in [-0.05, 0) is 89.6 Å². The van der Waals surface area contributed by atoms with E-state index in [1.54, 1.807) is 7.11 Å². The van der Waals surface area contributed by atoms with Crippen LogP contribution in [0.5, 0.6) is 5.75 Å². The van der Waals surface area contributed by atoms with Gasteiger partial charge in [-0.15, -0.1) is 0 Å². The lowest BCUT2D eigenvalue weighted by molar-refractivity contribution is 0.0890. The Morgan fingerprint density at radius 1 is 1.20 bits per heavy atom. The zero-order valence-electron chi connectivity index (χ0n) is 19.4. The quantitative estimate of drug-likeness (QED) is 0.667. The van der Waals surface area contributed by atoms with Crippen LogP contribution in [0.4, 0.5) is 0 Å². The monoisotopic (exact) mass is 412 g/mol. The number of nitrogens with zero attached hydrogens (tertiary/aromatic N) is 1. The second-order valence-corrected chi connectivity index (χ2v) is 8.89. The molecule has 1 amide bonds. The van der Waals surface area contributed by atoms with Gasteiger partial charge in [0.05, 0.1) is 7.11 Å². The summed E-state index contributed by atoms with van der Waals surface area (Å²) >= 11 is 0. The molecule has 30 heavy (non-hydrogen) atoms. The van der Waals surface area contributed by atoms with Crippen LogP contribution in [0.1, 0.15) is 79.1 Å². The van der Waals surface area contributed by atoms with Crippen LogP contribution < -0.4 is 10.1 Å². The number of methoxy groups -OCH3 is 1. The topological polar surface area (TPSA) is 54.7 Å². The van der Waals surface area contributed by atoms with Gasteiger partial charge in [-0.1, -0.05) is 12.1 Å². The fourth-order valence-corrected chi connectivity index (χ4v) is 4.81. The Hall–Kier alpha value is -2.27. The smallest absolute Gasteiger partial charge is 0.287 e. The third-order valence-corrected chi connectivity index (χ3v) is 6.59. The molecule has 1 fully saturated rings. The lowest BCUT2D eigenvalue weighted by atomic mass is 10.00.